The number of aromatic nitrogens is 3. The van der Waals surface area contributed by atoms with Crippen molar-refractivity contribution in [3.8, 4) is 5.82 Å². The first kappa shape index (κ1) is 11.4. The molecule has 0 spiro atoms. The van der Waals surface area contributed by atoms with E-state index in [0.29, 0.717) is 5.69 Å². The second-order valence-corrected chi connectivity index (χ2v) is 3.89. The zero-order chi connectivity index (χ0) is 12.4. The second kappa shape index (κ2) is 4.45. The van der Waals surface area contributed by atoms with Crippen molar-refractivity contribution in [3.63, 3.8) is 0 Å². The second-order valence-electron chi connectivity index (χ2n) is 3.89. The monoisotopic (exact) mass is 232 g/mol. The van der Waals surface area contributed by atoms with Gasteiger partial charge in [-0.25, -0.2) is 0 Å². The Bertz CT molecular complexity index is 582. The number of hydrogen-bond acceptors (Lipinski definition) is 3. The Labute approximate surface area is 99.7 Å². The smallest absolute Gasteiger partial charge is 0.279 e. The molecular formula is C12H16N4O. The van der Waals surface area contributed by atoms with Gasteiger partial charge in [-0.15, -0.1) is 0 Å². The van der Waals surface area contributed by atoms with E-state index in [1.165, 1.54) is 0 Å². The van der Waals surface area contributed by atoms with Crippen LogP contribution in [0.25, 0.3) is 5.82 Å². The van der Waals surface area contributed by atoms with Gasteiger partial charge in [-0.3, -0.25) is 14.0 Å². The molecule has 1 N–H and O–H groups in total. The van der Waals surface area contributed by atoms with Crippen molar-refractivity contribution >= 4 is 5.69 Å². The summed E-state index contributed by atoms with van der Waals surface area (Å²) in [6.07, 6.45) is 1.75. The van der Waals surface area contributed by atoms with Crippen molar-refractivity contribution in [1.29, 1.82) is 0 Å². The predicted molar refractivity (Wildman–Crippen MR) is 67.7 cm³/mol. The number of nitrogens with zero attached hydrogens (tertiary/aromatic N) is 3. The highest BCUT2D eigenvalue weighted by molar-refractivity contribution is 5.42. The van der Waals surface area contributed by atoms with E-state index in [-0.39, 0.29) is 5.56 Å². The Morgan fingerprint density at radius 2 is 2.24 bits per heavy atom. The summed E-state index contributed by atoms with van der Waals surface area (Å²) < 4.78 is 3.30. The molecule has 2 aromatic rings. The molecule has 0 unspecified atom stereocenters. The largest absolute Gasteiger partial charge is 0.381 e. The molecule has 0 atom stereocenters. The first-order valence-electron chi connectivity index (χ1n) is 5.60. The quantitative estimate of drug-likeness (QED) is 0.868. The van der Waals surface area contributed by atoms with Crippen LogP contribution in [0, 0.1) is 6.92 Å². The van der Waals surface area contributed by atoms with Crippen LogP contribution in [0.5, 0.6) is 0 Å². The molecule has 90 valence electrons. The van der Waals surface area contributed by atoms with Gasteiger partial charge in [-0.1, -0.05) is 0 Å². The summed E-state index contributed by atoms with van der Waals surface area (Å²) in [5.74, 6) is 0.771. The topological polar surface area (TPSA) is 51.9 Å². The van der Waals surface area contributed by atoms with Gasteiger partial charge in [0.05, 0.1) is 5.69 Å². The van der Waals surface area contributed by atoms with Crippen LogP contribution < -0.4 is 10.9 Å². The van der Waals surface area contributed by atoms with Crippen molar-refractivity contribution in [2.45, 2.75) is 13.8 Å². The number of aryl methyl sites for hydroxylation is 2. The van der Waals surface area contributed by atoms with E-state index in [9.17, 15) is 4.79 Å². The maximum absolute atomic E-state index is 12.2. The molecule has 0 bridgehead atoms. The van der Waals surface area contributed by atoms with Crippen molar-refractivity contribution in [2.75, 3.05) is 11.9 Å². The zero-order valence-electron chi connectivity index (χ0n) is 10.3. The molecule has 0 amide bonds. The lowest BCUT2D eigenvalue weighted by Gasteiger charge is -2.08. The molecule has 0 aliphatic heterocycles. The van der Waals surface area contributed by atoms with Gasteiger partial charge in [0.15, 0.2) is 0 Å². The molecule has 5 nitrogen and oxygen atoms in total. The van der Waals surface area contributed by atoms with Crippen molar-refractivity contribution < 1.29 is 0 Å². The van der Waals surface area contributed by atoms with Gasteiger partial charge in [0.2, 0.25) is 0 Å². The minimum atomic E-state index is -0.0580. The minimum absolute atomic E-state index is 0.0580. The molecule has 0 saturated carbocycles. The molecule has 0 saturated heterocycles. The Morgan fingerprint density at radius 3 is 2.82 bits per heavy atom. The summed E-state index contributed by atoms with van der Waals surface area (Å²) in [4.78, 5) is 12.2. The average Bonchev–Trinajstić information content (AvgIpc) is 2.61. The van der Waals surface area contributed by atoms with Gasteiger partial charge in [0.25, 0.3) is 5.56 Å². The Morgan fingerprint density at radius 1 is 1.47 bits per heavy atom. The summed E-state index contributed by atoms with van der Waals surface area (Å²) in [7, 11) is 1.83. The third kappa shape index (κ3) is 2.08. The Balaban J connectivity index is 2.56. The Kier molecular flexibility index (Phi) is 2.99. The highest BCUT2D eigenvalue weighted by Gasteiger charge is 2.08. The van der Waals surface area contributed by atoms with E-state index in [0.717, 1.165) is 18.1 Å². The molecule has 5 heteroatoms. The molecule has 2 heterocycles. The molecule has 0 aliphatic carbocycles. The Hall–Kier alpha value is -2.04. The van der Waals surface area contributed by atoms with Crippen LogP contribution in [0.2, 0.25) is 0 Å². The summed E-state index contributed by atoms with van der Waals surface area (Å²) in [6, 6.07) is 5.52. The summed E-state index contributed by atoms with van der Waals surface area (Å²) >= 11 is 0. The minimum Gasteiger partial charge on any atom is -0.381 e. The molecule has 0 radical (unpaired) electrons. The number of nitrogens with one attached hydrogen (secondary N) is 1. The zero-order valence-corrected chi connectivity index (χ0v) is 10.3. The van der Waals surface area contributed by atoms with Gasteiger partial charge in [-0.05, 0) is 26.0 Å². The highest BCUT2D eigenvalue weighted by Crippen LogP contribution is 2.08. The third-order valence-electron chi connectivity index (χ3n) is 2.54. The van der Waals surface area contributed by atoms with E-state index >= 15 is 0 Å². The maximum Gasteiger partial charge on any atom is 0.279 e. The van der Waals surface area contributed by atoms with E-state index in [1.54, 1.807) is 21.5 Å². The standard InChI is InChI=1S/C12H16N4O/c1-4-13-10-6-5-7-16(12(10)17)11-8-9(2)14-15(11)3/h5-8,13H,4H2,1-3H3. The van der Waals surface area contributed by atoms with Gasteiger partial charge in [-0.2, -0.15) is 5.10 Å². The van der Waals surface area contributed by atoms with Crippen LogP contribution in [-0.4, -0.2) is 20.9 Å². The third-order valence-corrected chi connectivity index (χ3v) is 2.54. The number of hydrogen-bond donors (Lipinski definition) is 1. The first-order chi connectivity index (χ1) is 8.13. The molecule has 0 aromatic carbocycles. The average molecular weight is 232 g/mol. The van der Waals surface area contributed by atoms with E-state index in [2.05, 4.69) is 10.4 Å². The van der Waals surface area contributed by atoms with Crippen LogP contribution >= 0.6 is 0 Å². The van der Waals surface area contributed by atoms with E-state index in [1.807, 2.05) is 33.0 Å². The number of anilines is 1. The fourth-order valence-corrected chi connectivity index (χ4v) is 1.82. The molecular weight excluding hydrogens is 216 g/mol. The molecule has 0 aliphatic rings. The highest BCUT2D eigenvalue weighted by atomic mass is 16.1. The number of pyridine rings is 1. The van der Waals surface area contributed by atoms with E-state index < -0.39 is 0 Å². The van der Waals surface area contributed by atoms with E-state index in [4.69, 9.17) is 0 Å². The summed E-state index contributed by atoms with van der Waals surface area (Å²) in [6.45, 7) is 4.59. The fraction of sp³-hybridized carbons (Fsp3) is 0.333. The van der Waals surface area contributed by atoms with Crippen molar-refractivity contribution in [1.82, 2.24) is 14.3 Å². The predicted octanol–water partition coefficient (Wildman–Crippen LogP) is 1.31. The lowest BCUT2D eigenvalue weighted by Crippen LogP contribution is -2.23. The summed E-state index contributed by atoms with van der Waals surface area (Å²) in [5.41, 5.74) is 1.44. The van der Waals surface area contributed by atoms with Crippen LogP contribution in [-0.2, 0) is 7.05 Å². The van der Waals surface area contributed by atoms with Crippen LogP contribution in [0.15, 0.2) is 29.2 Å². The molecule has 0 fully saturated rings. The van der Waals surface area contributed by atoms with Crippen LogP contribution in [0.4, 0.5) is 5.69 Å². The molecule has 2 aromatic heterocycles. The lowest BCUT2D eigenvalue weighted by atomic mass is 10.4. The SMILES string of the molecule is CCNc1cccn(-c2cc(C)nn2C)c1=O. The molecule has 2 rings (SSSR count). The molecule has 17 heavy (non-hydrogen) atoms. The first-order valence-corrected chi connectivity index (χ1v) is 5.60. The van der Waals surface area contributed by atoms with Crippen molar-refractivity contribution in [3.05, 3.63) is 40.4 Å². The number of rotatable bonds is 3. The van der Waals surface area contributed by atoms with Crippen LogP contribution in [0.3, 0.4) is 0 Å². The lowest BCUT2D eigenvalue weighted by molar-refractivity contribution is 0.715. The van der Waals surface area contributed by atoms with Gasteiger partial charge in [0.1, 0.15) is 11.5 Å². The normalized spacial score (nSPS) is 10.5. The van der Waals surface area contributed by atoms with Gasteiger partial charge >= 0.3 is 0 Å². The van der Waals surface area contributed by atoms with Gasteiger partial charge < -0.3 is 5.32 Å². The van der Waals surface area contributed by atoms with Gasteiger partial charge in [0, 0.05) is 25.9 Å². The summed E-state index contributed by atoms with van der Waals surface area (Å²) in [5, 5.41) is 7.29. The van der Waals surface area contributed by atoms with Crippen LogP contribution in [0.1, 0.15) is 12.6 Å². The van der Waals surface area contributed by atoms with Crippen molar-refractivity contribution in [2.24, 2.45) is 7.05 Å². The fourth-order valence-electron chi connectivity index (χ4n) is 1.82. The maximum atomic E-state index is 12.2.